The summed E-state index contributed by atoms with van der Waals surface area (Å²) < 4.78 is 60.5. The van der Waals surface area contributed by atoms with Crippen molar-refractivity contribution < 1.29 is 31.3 Å². The van der Waals surface area contributed by atoms with E-state index in [2.05, 4.69) is 13.6 Å². The molecule has 0 atom stereocenters. The average molecular weight is 270 g/mol. The summed E-state index contributed by atoms with van der Waals surface area (Å²) >= 11 is 0. The molecular formula is C9H10F3O4P. The van der Waals surface area contributed by atoms with Crippen molar-refractivity contribution in [1.82, 2.24) is 0 Å². The van der Waals surface area contributed by atoms with E-state index in [9.17, 15) is 17.7 Å². The number of hydrogen-bond acceptors (Lipinski definition) is 4. The Hall–Kier alpha value is -0.980. The summed E-state index contributed by atoms with van der Waals surface area (Å²) in [7, 11) is -4.12. The standard InChI is InChI=1S/C9H10F3O4P/c1-3-6-14-17(13,15-7-4-2)16-8-5-9(10,11)12/h1-2H,5-8H2. The highest BCUT2D eigenvalue weighted by Crippen LogP contribution is 2.49. The molecule has 0 rings (SSSR count). The number of rotatable bonds is 7. The molecule has 0 aliphatic rings. The molecule has 0 heterocycles. The van der Waals surface area contributed by atoms with Crippen LogP contribution in [0, 0.1) is 24.7 Å². The average Bonchev–Trinajstić information content (AvgIpc) is 2.22. The largest absolute Gasteiger partial charge is 0.476 e. The number of hydrogen-bond donors (Lipinski definition) is 0. The van der Waals surface area contributed by atoms with Gasteiger partial charge in [0.05, 0.1) is 13.0 Å². The Morgan fingerprint density at radius 2 is 1.53 bits per heavy atom. The molecule has 0 aliphatic heterocycles. The van der Waals surface area contributed by atoms with Crippen molar-refractivity contribution in [3.63, 3.8) is 0 Å². The molecule has 0 amide bonds. The number of phosphoric ester groups is 1. The molecule has 0 aromatic carbocycles. The molecular weight excluding hydrogens is 260 g/mol. The van der Waals surface area contributed by atoms with Crippen LogP contribution in [0.15, 0.2) is 0 Å². The van der Waals surface area contributed by atoms with Crippen molar-refractivity contribution in [1.29, 1.82) is 0 Å². The van der Waals surface area contributed by atoms with Crippen LogP contribution in [0.1, 0.15) is 6.42 Å². The van der Waals surface area contributed by atoms with Crippen LogP contribution < -0.4 is 0 Å². The third-order valence-corrected chi connectivity index (χ3v) is 2.64. The SMILES string of the molecule is C#CCOP(=O)(OCC#C)OCCC(F)(F)F. The Labute approximate surface area is 97.0 Å². The Kier molecular flexibility index (Phi) is 6.94. The minimum Gasteiger partial charge on any atom is -0.286 e. The van der Waals surface area contributed by atoms with Crippen LogP contribution in [0.2, 0.25) is 0 Å². The molecule has 0 aromatic heterocycles. The molecule has 0 aliphatic carbocycles. The van der Waals surface area contributed by atoms with E-state index in [0.717, 1.165) is 0 Å². The van der Waals surface area contributed by atoms with Gasteiger partial charge in [0.2, 0.25) is 0 Å². The van der Waals surface area contributed by atoms with Crippen LogP contribution in [-0.2, 0) is 18.1 Å². The number of alkyl halides is 3. The Balaban J connectivity index is 4.25. The fourth-order valence-corrected chi connectivity index (χ4v) is 1.62. The maximum absolute atomic E-state index is 11.8. The van der Waals surface area contributed by atoms with Crippen LogP contribution in [-0.4, -0.2) is 26.0 Å². The van der Waals surface area contributed by atoms with Gasteiger partial charge in [-0.05, 0) is 0 Å². The summed E-state index contributed by atoms with van der Waals surface area (Å²) in [6.45, 7) is -1.71. The molecule has 0 saturated carbocycles. The van der Waals surface area contributed by atoms with Gasteiger partial charge in [0.25, 0.3) is 0 Å². The van der Waals surface area contributed by atoms with Crippen molar-refractivity contribution in [2.45, 2.75) is 12.6 Å². The lowest BCUT2D eigenvalue weighted by Crippen LogP contribution is -2.12. The summed E-state index contributed by atoms with van der Waals surface area (Å²) in [4.78, 5) is 0. The van der Waals surface area contributed by atoms with Crippen LogP contribution in [0.4, 0.5) is 13.2 Å². The van der Waals surface area contributed by atoms with Crippen molar-refractivity contribution in [3.8, 4) is 24.7 Å². The first-order chi connectivity index (χ1) is 7.83. The topological polar surface area (TPSA) is 44.8 Å². The first-order valence-electron chi connectivity index (χ1n) is 4.30. The molecule has 8 heteroatoms. The maximum atomic E-state index is 11.8. The van der Waals surface area contributed by atoms with Gasteiger partial charge in [-0.25, -0.2) is 4.57 Å². The molecule has 4 nitrogen and oxygen atoms in total. The summed E-state index contributed by atoms with van der Waals surface area (Å²) in [5, 5.41) is 0. The van der Waals surface area contributed by atoms with Gasteiger partial charge in [0.15, 0.2) is 0 Å². The van der Waals surface area contributed by atoms with Crippen LogP contribution in [0.5, 0.6) is 0 Å². The van der Waals surface area contributed by atoms with Gasteiger partial charge in [-0.15, -0.1) is 12.8 Å². The van der Waals surface area contributed by atoms with Crippen molar-refractivity contribution >= 4 is 7.82 Å². The molecule has 0 N–H and O–H groups in total. The normalized spacial score (nSPS) is 11.8. The maximum Gasteiger partial charge on any atom is 0.476 e. The van der Waals surface area contributed by atoms with Gasteiger partial charge in [-0.1, -0.05) is 11.8 Å². The van der Waals surface area contributed by atoms with Gasteiger partial charge in [-0.2, -0.15) is 13.2 Å². The van der Waals surface area contributed by atoms with Gasteiger partial charge >= 0.3 is 14.0 Å². The highest BCUT2D eigenvalue weighted by Gasteiger charge is 2.31. The first-order valence-corrected chi connectivity index (χ1v) is 5.76. The van der Waals surface area contributed by atoms with E-state index >= 15 is 0 Å². The van der Waals surface area contributed by atoms with Crippen molar-refractivity contribution in [3.05, 3.63) is 0 Å². The van der Waals surface area contributed by atoms with Gasteiger partial charge in [0, 0.05) is 0 Å². The molecule has 0 radical (unpaired) electrons. The fourth-order valence-electron chi connectivity index (χ4n) is 0.618. The predicted octanol–water partition coefficient (Wildman–Crippen LogP) is 2.36. The second kappa shape index (κ2) is 7.37. The van der Waals surface area contributed by atoms with E-state index in [1.54, 1.807) is 0 Å². The van der Waals surface area contributed by atoms with Crippen molar-refractivity contribution in [2.24, 2.45) is 0 Å². The minimum absolute atomic E-state index is 0.423. The van der Waals surface area contributed by atoms with E-state index in [4.69, 9.17) is 12.8 Å². The summed E-state index contributed by atoms with van der Waals surface area (Å²) in [6.07, 6.45) is 3.96. The Bertz CT molecular complexity index is 331. The Morgan fingerprint density at radius 3 is 1.88 bits per heavy atom. The number of phosphoric acid groups is 1. The third-order valence-electron chi connectivity index (χ3n) is 1.25. The lowest BCUT2D eigenvalue weighted by molar-refractivity contribution is -0.140. The highest BCUT2D eigenvalue weighted by atomic mass is 31.2. The van der Waals surface area contributed by atoms with Crippen LogP contribution >= 0.6 is 7.82 Å². The summed E-state index contributed by atoms with van der Waals surface area (Å²) in [6, 6.07) is 0. The third kappa shape index (κ3) is 8.79. The Morgan fingerprint density at radius 1 is 1.06 bits per heavy atom. The molecule has 0 saturated heterocycles. The first kappa shape index (κ1) is 16.0. The zero-order valence-corrected chi connectivity index (χ0v) is 9.59. The van der Waals surface area contributed by atoms with Crippen molar-refractivity contribution in [2.75, 3.05) is 19.8 Å². The molecule has 17 heavy (non-hydrogen) atoms. The van der Waals surface area contributed by atoms with E-state index in [-0.39, 0.29) is 0 Å². The number of halogens is 3. The van der Waals surface area contributed by atoms with E-state index in [1.807, 2.05) is 11.8 Å². The van der Waals surface area contributed by atoms with E-state index in [0.29, 0.717) is 0 Å². The molecule has 0 spiro atoms. The molecule has 0 aromatic rings. The highest BCUT2D eigenvalue weighted by molar-refractivity contribution is 7.48. The van der Waals surface area contributed by atoms with E-state index in [1.165, 1.54) is 0 Å². The van der Waals surface area contributed by atoms with Crippen LogP contribution in [0.25, 0.3) is 0 Å². The number of terminal acetylenes is 2. The molecule has 0 fully saturated rings. The minimum atomic E-state index is -4.43. The second-order valence-electron chi connectivity index (χ2n) is 2.60. The second-order valence-corrected chi connectivity index (χ2v) is 4.27. The molecule has 0 bridgehead atoms. The zero-order valence-electron chi connectivity index (χ0n) is 8.70. The fraction of sp³-hybridized carbons (Fsp3) is 0.556. The lowest BCUT2D eigenvalue weighted by Gasteiger charge is -2.16. The van der Waals surface area contributed by atoms with Crippen LogP contribution in [0.3, 0.4) is 0 Å². The predicted molar refractivity (Wildman–Crippen MR) is 53.8 cm³/mol. The van der Waals surface area contributed by atoms with Gasteiger partial charge in [0.1, 0.15) is 13.2 Å². The van der Waals surface area contributed by atoms with E-state index < -0.39 is 40.2 Å². The quantitative estimate of drug-likeness (QED) is 0.526. The summed E-state index contributed by atoms with van der Waals surface area (Å²) in [5.74, 6) is 3.96. The summed E-state index contributed by atoms with van der Waals surface area (Å²) in [5.41, 5.74) is 0. The molecule has 96 valence electrons. The lowest BCUT2D eigenvalue weighted by atomic mass is 10.5. The van der Waals surface area contributed by atoms with Gasteiger partial charge < -0.3 is 0 Å². The molecule has 0 unspecified atom stereocenters. The smallest absolute Gasteiger partial charge is 0.286 e. The monoisotopic (exact) mass is 270 g/mol. The zero-order chi connectivity index (χ0) is 13.4. The van der Waals surface area contributed by atoms with Gasteiger partial charge in [-0.3, -0.25) is 13.6 Å².